The van der Waals surface area contributed by atoms with E-state index in [0.29, 0.717) is 11.1 Å². The summed E-state index contributed by atoms with van der Waals surface area (Å²) in [5, 5.41) is 50.2. The highest BCUT2D eigenvalue weighted by atomic mass is 19.1. The molecular weight excluding hydrogens is 435 g/mol. The SMILES string of the molecule is N#C[C@@]1(c2ccc3c(NC(=O)[C@@H](N)Cc4ccc(F)cc4)nncn23)O[C@H](CO)[C@@H](O)[C@H]1O. The standard InChI is InChI=1S/C21H21FN6O5/c22-12-3-1-11(2-4-12)7-13(24)20(32)26-19-14-5-6-16(28(14)10-25-27-19)21(9-23)18(31)17(30)15(8-29)33-21/h1-6,10,13,15,17-18,29-31H,7-8,24H2,(H,26,27,32)/t13-,15+,17+,18+,21-/m0/s1. The Labute approximate surface area is 186 Å². The third kappa shape index (κ3) is 3.92. The number of rotatable bonds is 6. The second-order valence-electron chi connectivity index (χ2n) is 7.70. The molecule has 0 unspecified atom stereocenters. The van der Waals surface area contributed by atoms with Crippen LogP contribution in [0.15, 0.2) is 42.7 Å². The average Bonchev–Trinajstić information content (AvgIpc) is 3.36. The Hall–Kier alpha value is -3.47. The second-order valence-corrected chi connectivity index (χ2v) is 7.70. The number of nitriles is 1. The number of carbonyl (C=O) groups excluding carboxylic acids is 1. The fraction of sp³-hybridized carbons (Fsp3) is 0.333. The van der Waals surface area contributed by atoms with Crippen molar-refractivity contribution < 1.29 is 29.2 Å². The van der Waals surface area contributed by atoms with Crippen LogP contribution in [-0.4, -0.2) is 66.8 Å². The Morgan fingerprint density at radius 2 is 2.06 bits per heavy atom. The van der Waals surface area contributed by atoms with E-state index < -0.39 is 48.3 Å². The fourth-order valence-corrected chi connectivity index (χ4v) is 3.85. The van der Waals surface area contributed by atoms with Gasteiger partial charge in [-0.1, -0.05) is 12.1 Å². The van der Waals surface area contributed by atoms with E-state index in [9.17, 15) is 29.8 Å². The number of hydrogen-bond donors (Lipinski definition) is 5. The van der Waals surface area contributed by atoms with E-state index in [0.717, 1.165) is 0 Å². The number of aliphatic hydroxyl groups excluding tert-OH is 3. The lowest BCUT2D eigenvalue weighted by atomic mass is 9.92. The van der Waals surface area contributed by atoms with Crippen LogP contribution in [0.3, 0.4) is 0 Å². The molecule has 6 N–H and O–H groups in total. The number of hydrogen-bond acceptors (Lipinski definition) is 9. The van der Waals surface area contributed by atoms with Gasteiger partial charge in [0.1, 0.15) is 36.5 Å². The summed E-state index contributed by atoms with van der Waals surface area (Å²) in [5.41, 5.74) is 5.13. The Bertz CT molecular complexity index is 1210. The van der Waals surface area contributed by atoms with Gasteiger partial charge in [0, 0.05) is 0 Å². The number of aromatic nitrogens is 3. The topological polar surface area (TPSA) is 179 Å². The number of nitrogens with zero attached hydrogens (tertiary/aromatic N) is 4. The van der Waals surface area contributed by atoms with Crippen molar-refractivity contribution in [3.8, 4) is 6.07 Å². The lowest BCUT2D eigenvalue weighted by Crippen LogP contribution is -2.40. The van der Waals surface area contributed by atoms with Crippen LogP contribution < -0.4 is 11.1 Å². The minimum absolute atomic E-state index is 0.0446. The highest BCUT2D eigenvalue weighted by Crippen LogP contribution is 2.40. The van der Waals surface area contributed by atoms with Crippen LogP contribution in [0.1, 0.15) is 11.3 Å². The first kappa shape index (κ1) is 22.7. The monoisotopic (exact) mass is 456 g/mol. The molecule has 2 aromatic heterocycles. The van der Waals surface area contributed by atoms with E-state index >= 15 is 0 Å². The third-order valence-electron chi connectivity index (χ3n) is 5.62. The maximum atomic E-state index is 13.1. The summed E-state index contributed by atoms with van der Waals surface area (Å²) in [4.78, 5) is 12.6. The van der Waals surface area contributed by atoms with Crippen molar-refractivity contribution in [2.24, 2.45) is 5.73 Å². The summed E-state index contributed by atoms with van der Waals surface area (Å²) in [5.74, 6) is -0.914. The van der Waals surface area contributed by atoms with Gasteiger partial charge in [-0.2, -0.15) is 5.26 Å². The Balaban J connectivity index is 1.61. The minimum Gasteiger partial charge on any atom is -0.394 e. The maximum Gasteiger partial charge on any atom is 0.242 e. The van der Waals surface area contributed by atoms with Crippen molar-refractivity contribution >= 4 is 17.2 Å². The number of ether oxygens (including phenoxy) is 1. The summed E-state index contributed by atoms with van der Waals surface area (Å²) >= 11 is 0. The molecule has 1 amide bonds. The van der Waals surface area contributed by atoms with Crippen LogP contribution in [0.5, 0.6) is 0 Å². The van der Waals surface area contributed by atoms with Gasteiger partial charge in [0.25, 0.3) is 0 Å². The molecule has 33 heavy (non-hydrogen) atoms. The molecule has 1 aliphatic rings. The zero-order valence-corrected chi connectivity index (χ0v) is 17.2. The van der Waals surface area contributed by atoms with E-state index in [2.05, 4.69) is 15.5 Å². The highest BCUT2D eigenvalue weighted by molar-refractivity contribution is 5.97. The number of nitrogens with one attached hydrogen (secondary N) is 1. The number of anilines is 1. The summed E-state index contributed by atoms with van der Waals surface area (Å²) in [7, 11) is 0. The smallest absolute Gasteiger partial charge is 0.242 e. The van der Waals surface area contributed by atoms with Gasteiger partial charge in [0.05, 0.1) is 23.9 Å². The molecule has 5 atom stereocenters. The van der Waals surface area contributed by atoms with Crippen molar-refractivity contribution in [1.82, 2.24) is 14.6 Å². The molecule has 12 heteroatoms. The number of carbonyl (C=O) groups is 1. The second kappa shape index (κ2) is 8.81. The molecule has 172 valence electrons. The van der Waals surface area contributed by atoms with Gasteiger partial charge in [-0.3, -0.25) is 9.20 Å². The predicted molar refractivity (Wildman–Crippen MR) is 111 cm³/mol. The summed E-state index contributed by atoms with van der Waals surface area (Å²) < 4.78 is 20.0. The summed E-state index contributed by atoms with van der Waals surface area (Å²) in [6.45, 7) is -0.599. The number of halogens is 1. The van der Waals surface area contributed by atoms with Crippen LogP contribution in [0.2, 0.25) is 0 Å². The van der Waals surface area contributed by atoms with E-state index in [1.54, 1.807) is 0 Å². The normalized spacial score (nSPS) is 25.6. The molecule has 4 rings (SSSR count). The first-order valence-corrected chi connectivity index (χ1v) is 10.0. The quantitative estimate of drug-likeness (QED) is 0.318. The van der Waals surface area contributed by atoms with Crippen LogP contribution in [0, 0.1) is 17.1 Å². The molecule has 1 aromatic carbocycles. The molecule has 1 aliphatic heterocycles. The molecule has 0 bridgehead atoms. The van der Waals surface area contributed by atoms with Crippen molar-refractivity contribution in [3.63, 3.8) is 0 Å². The fourth-order valence-electron chi connectivity index (χ4n) is 3.85. The van der Waals surface area contributed by atoms with Crippen LogP contribution in [0.4, 0.5) is 10.2 Å². The first-order chi connectivity index (χ1) is 15.8. The van der Waals surface area contributed by atoms with Crippen LogP contribution in [-0.2, 0) is 21.6 Å². The van der Waals surface area contributed by atoms with Crippen molar-refractivity contribution in [1.29, 1.82) is 5.26 Å². The van der Waals surface area contributed by atoms with Gasteiger partial charge in [-0.15, -0.1) is 10.2 Å². The molecular formula is C21H21FN6O5. The minimum atomic E-state index is -1.98. The summed E-state index contributed by atoms with van der Waals surface area (Å²) in [6, 6.07) is 9.52. The molecule has 0 saturated carbocycles. The van der Waals surface area contributed by atoms with Gasteiger partial charge in [-0.25, -0.2) is 4.39 Å². The van der Waals surface area contributed by atoms with Gasteiger partial charge in [0.15, 0.2) is 5.82 Å². The average molecular weight is 456 g/mol. The van der Waals surface area contributed by atoms with E-state index in [1.807, 2.05) is 6.07 Å². The van der Waals surface area contributed by atoms with Gasteiger partial charge >= 0.3 is 0 Å². The van der Waals surface area contributed by atoms with E-state index in [1.165, 1.54) is 47.1 Å². The lowest BCUT2D eigenvalue weighted by molar-refractivity contribution is -0.117. The molecule has 1 fully saturated rings. The number of benzene rings is 1. The lowest BCUT2D eigenvalue weighted by Gasteiger charge is -2.24. The zero-order chi connectivity index (χ0) is 23.8. The molecule has 1 saturated heterocycles. The Morgan fingerprint density at radius 1 is 1.33 bits per heavy atom. The van der Waals surface area contributed by atoms with Crippen LogP contribution in [0.25, 0.3) is 5.52 Å². The Morgan fingerprint density at radius 3 is 2.70 bits per heavy atom. The van der Waals surface area contributed by atoms with Gasteiger partial charge in [-0.05, 0) is 36.2 Å². The van der Waals surface area contributed by atoms with Crippen LogP contribution >= 0.6 is 0 Å². The molecule has 11 nitrogen and oxygen atoms in total. The van der Waals surface area contributed by atoms with E-state index in [4.69, 9.17) is 10.5 Å². The maximum absolute atomic E-state index is 13.1. The third-order valence-corrected chi connectivity index (χ3v) is 5.62. The first-order valence-electron chi connectivity index (χ1n) is 10.0. The zero-order valence-electron chi connectivity index (χ0n) is 17.2. The molecule has 0 spiro atoms. The largest absolute Gasteiger partial charge is 0.394 e. The van der Waals surface area contributed by atoms with Crippen molar-refractivity contribution in [2.45, 2.75) is 36.4 Å². The molecule has 0 radical (unpaired) electrons. The molecule has 0 aliphatic carbocycles. The molecule has 3 heterocycles. The van der Waals surface area contributed by atoms with Crippen molar-refractivity contribution in [2.75, 3.05) is 11.9 Å². The predicted octanol–water partition coefficient (Wildman–Crippen LogP) is -0.791. The number of amides is 1. The van der Waals surface area contributed by atoms with Gasteiger partial charge in [0.2, 0.25) is 11.5 Å². The number of aliphatic hydroxyl groups is 3. The highest BCUT2D eigenvalue weighted by Gasteiger charge is 2.57. The van der Waals surface area contributed by atoms with Crippen molar-refractivity contribution in [3.05, 3.63) is 59.8 Å². The van der Waals surface area contributed by atoms with Gasteiger partial charge < -0.3 is 31.1 Å². The van der Waals surface area contributed by atoms with E-state index in [-0.39, 0.29) is 17.9 Å². The Kier molecular flexibility index (Phi) is 6.07. The number of nitrogens with two attached hydrogens (primary N) is 1. The molecule has 3 aromatic rings. The summed E-state index contributed by atoms with van der Waals surface area (Å²) in [6.07, 6.45) is -2.88. The number of fused-ring (bicyclic) bond motifs is 1.